The van der Waals surface area contributed by atoms with Crippen molar-refractivity contribution >= 4 is 39.3 Å². The third-order valence-corrected chi connectivity index (χ3v) is 10.9. The van der Waals surface area contributed by atoms with Crippen LogP contribution in [0.5, 0.6) is 0 Å². The van der Waals surface area contributed by atoms with E-state index in [4.69, 9.17) is 11.6 Å². The maximum atomic E-state index is 14.2. The molecule has 210 valence electrons. The van der Waals surface area contributed by atoms with E-state index in [1.165, 1.54) is 38.5 Å². The van der Waals surface area contributed by atoms with Gasteiger partial charge in [0.15, 0.2) is 11.7 Å². The lowest BCUT2D eigenvalue weighted by atomic mass is 9.52. The number of piperazine rings is 1. The average molecular weight is 627 g/mol. The Morgan fingerprint density at radius 2 is 1.56 bits per heavy atom. The van der Waals surface area contributed by atoms with Gasteiger partial charge in [0.1, 0.15) is 10.8 Å². The van der Waals surface area contributed by atoms with Crippen LogP contribution in [0, 0.1) is 17.8 Å². The Labute approximate surface area is 239 Å². The van der Waals surface area contributed by atoms with E-state index < -0.39 is 24.2 Å². The van der Waals surface area contributed by atoms with Crippen molar-refractivity contribution < 1.29 is 18.0 Å². The molecule has 1 amide bonds. The van der Waals surface area contributed by atoms with E-state index in [1.54, 1.807) is 29.2 Å². The molecule has 1 N–H and O–H groups in total. The van der Waals surface area contributed by atoms with Crippen molar-refractivity contribution in [2.24, 2.45) is 17.8 Å². The maximum absolute atomic E-state index is 14.2. The average Bonchev–Trinajstić information content (AvgIpc) is 3.23. The highest BCUT2D eigenvalue weighted by atomic mass is 79.9. The lowest BCUT2D eigenvalue weighted by Crippen LogP contribution is -2.64. The van der Waals surface area contributed by atoms with Crippen LogP contribution in [0.2, 0.25) is 5.02 Å². The molecule has 0 unspecified atom stereocenters. The van der Waals surface area contributed by atoms with Crippen LogP contribution in [0.1, 0.15) is 73.1 Å². The number of aromatic nitrogens is 2. The van der Waals surface area contributed by atoms with Crippen molar-refractivity contribution in [3.8, 4) is 0 Å². The standard InChI is InChI=1S/C28H32BrClF3N5O/c29-20-3-1-19(2-4-20)21-12-22(28(31,32)33)38-25(34-21)23(30)24(35-38)26(39)36-5-7-37(8-6-36)27-13-16-9-17(14-27)11-18(10-16)15-27/h1-4,16-18,21-22,34H,5-15H2/t16?,17?,18?,21-,22+,27?/m1/s1. The molecule has 11 heteroatoms. The molecule has 1 aromatic carbocycles. The fraction of sp³-hybridized carbons (Fsp3) is 0.643. The van der Waals surface area contributed by atoms with E-state index in [2.05, 4.69) is 31.2 Å². The molecule has 2 atom stereocenters. The van der Waals surface area contributed by atoms with E-state index in [1.807, 2.05) is 0 Å². The minimum atomic E-state index is -4.54. The second-order valence-electron chi connectivity index (χ2n) is 12.4. The largest absolute Gasteiger partial charge is 0.410 e. The van der Waals surface area contributed by atoms with Gasteiger partial charge in [-0.25, -0.2) is 4.68 Å². The number of alkyl halides is 3. The number of hydrogen-bond donors (Lipinski definition) is 1. The third-order valence-electron chi connectivity index (χ3n) is 10.0. The molecular formula is C28H32BrClF3N5O. The summed E-state index contributed by atoms with van der Waals surface area (Å²) in [4.78, 5) is 17.9. The normalized spacial score (nSPS) is 34.2. The molecule has 8 rings (SSSR count). The molecule has 5 fully saturated rings. The summed E-state index contributed by atoms with van der Waals surface area (Å²) < 4.78 is 44.3. The molecule has 2 aromatic rings. The van der Waals surface area contributed by atoms with Gasteiger partial charge >= 0.3 is 6.18 Å². The van der Waals surface area contributed by atoms with Gasteiger partial charge in [0.25, 0.3) is 5.91 Å². The monoisotopic (exact) mass is 625 g/mol. The predicted molar refractivity (Wildman–Crippen MR) is 146 cm³/mol. The van der Waals surface area contributed by atoms with E-state index >= 15 is 0 Å². The van der Waals surface area contributed by atoms with Crippen LogP contribution in [0.15, 0.2) is 28.7 Å². The SMILES string of the molecule is O=C(c1nn2c(c1Cl)N[C@@H](c1ccc(Br)cc1)C[C@H]2C(F)(F)F)N1CCN(C23CC4CC(CC(C4)C2)C3)CC1. The van der Waals surface area contributed by atoms with Crippen LogP contribution in [0.3, 0.4) is 0 Å². The summed E-state index contributed by atoms with van der Waals surface area (Å²) in [6.07, 6.45) is 3.20. The van der Waals surface area contributed by atoms with Crippen LogP contribution in [0.25, 0.3) is 0 Å². The molecule has 0 spiro atoms. The van der Waals surface area contributed by atoms with E-state index in [0.717, 1.165) is 40.0 Å². The third kappa shape index (κ3) is 4.49. The van der Waals surface area contributed by atoms with E-state index in [9.17, 15) is 18.0 Å². The molecule has 1 saturated heterocycles. The second-order valence-corrected chi connectivity index (χ2v) is 13.7. The number of nitrogens with zero attached hydrogens (tertiary/aromatic N) is 4. The van der Waals surface area contributed by atoms with Gasteiger partial charge in [-0.1, -0.05) is 39.7 Å². The number of carbonyl (C=O) groups excluding carboxylic acids is 1. The zero-order valence-corrected chi connectivity index (χ0v) is 23.9. The zero-order chi connectivity index (χ0) is 27.1. The highest BCUT2D eigenvalue weighted by molar-refractivity contribution is 9.10. The van der Waals surface area contributed by atoms with Crippen molar-refractivity contribution in [2.45, 2.75) is 68.7 Å². The number of anilines is 1. The van der Waals surface area contributed by atoms with Crippen LogP contribution in [-0.4, -0.2) is 63.4 Å². The summed E-state index contributed by atoms with van der Waals surface area (Å²) >= 11 is 9.98. The van der Waals surface area contributed by atoms with Gasteiger partial charge in [0.2, 0.25) is 0 Å². The lowest BCUT2D eigenvalue weighted by molar-refractivity contribution is -0.173. The zero-order valence-electron chi connectivity index (χ0n) is 21.6. The summed E-state index contributed by atoms with van der Waals surface area (Å²) in [6.45, 7) is 2.66. The van der Waals surface area contributed by atoms with Crippen LogP contribution in [0.4, 0.5) is 19.0 Å². The Morgan fingerprint density at radius 3 is 2.13 bits per heavy atom. The van der Waals surface area contributed by atoms with Crippen molar-refractivity contribution in [2.75, 3.05) is 31.5 Å². The first kappa shape index (κ1) is 26.1. The highest BCUT2D eigenvalue weighted by Crippen LogP contribution is 2.58. The molecule has 4 aliphatic carbocycles. The number of nitrogens with one attached hydrogen (secondary N) is 1. The van der Waals surface area contributed by atoms with E-state index in [0.29, 0.717) is 18.7 Å². The summed E-state index contributed by atoms with van der Waals surface area (Å²) in [6, 6.07) is 4.66. The second kappa shape index (κ2) is 9.38. The van der Waals surface area contributed by atoms with Gasteiger partial charge < -0.3 is 10.2 Å². The number of fused-ring (bicyclic) bond motifs is 1. The molecule has 6 aliphatic rings. The fourth-order valence-corrected chi connectivity index (χ4v) is 9.15. The van der Waals surface area contributed by atoms with Crippen LogP contribution < -0.4 is 5.32 Å². The quantitative estimate of drug-likeness (QED) is 0.413. The number of rotatable bonds is 3. The van der Waals surface area contributed by atoms with Gasteiger partial charge in [-0.05, 0) is 74.0 Å². The molecule has 1 aromatic heterocycles. The fourth-order valence-electron chi connectivity index (χ4n) is 8.63. The first-order chi connectivity index (χ1) is 18.6. The Balaban J connectivity index is 1.10. The number of benzene rings is 1. The first-order valence-corrected chi connectivity index (χ1v) is 15.2. The van der Waals surface area contributed by atoms with Gasteiger partial charge in [0, 0.05) is 42.6 Å². The Kier molecular flexibility index (Phi) is 6.28. The van der Waals surface area contributed by atoms with Crippen molar-refractivity contribution in [1.29, 1.82) is 0 Å². The minimum absolute atomic E-state index is 0.0421. The molecular weight excluding hydrogens is 595 g/mol. The molecule has 4 bridgehead atoms. The lowest BCUT2D eigenvalue weighted by Gasteiger charge is -2.61. The maximum Gasteiger partial charge on any atom is 0.410 e. The predicted octanol–water partition coefficient (Wildman–Crippen LogP) is 6.69. The van der Waals surface area contributed by atoms with Crippen molar-refractivity contribution in [3.63, 3.8) is 0 Å². The van der Waals surface area contributed by atoms with Crippen molar-refractivity contribution in [3.05, 3.63) is 45.0 Å². The molecule has 4 saturated carbocycles. The number of carbonyl (C=O) groups is 1. The Bertz CT molecular complexity index is 1240. The van der Waals surface area contributed by atoms with Crippen LogP contribution in [-0.2, 0) is 0 Å². The summed E-state index contributed by atoms with van der Waals surface area (Å²) in [5.74, 6) is 2.20. The summed E-state index contributed by atoms with van der Waals surface area (Å²) in [5.41, 5.74) is 0.888. The Morgan fingerprint density at radius 1 is 0.974 bits per heavy atom. The molecule has 3 heterocycles. The van der Waals surface area contributed by atoms with Gasteiger partial charge in [-0.3, -0.25) is 9.69 Å². The topological polar surface area (TPSA) is 53.4 Å². The molecule has 2 aliphatic heterocycles. The number of halogens is 5. The van der Waals surface area contributed by atoms with Crippen LogP contribution >= 0.6 is 27.5 Å². The van der Waals surface area contributed by atoms with E-state index in [-0.39, 0.29) is 28.5 Å². The Hall–Kier alpha value is -1.78. The van der Waals surface area contributed by atoms with Gasteiger partial charge in [0.05, 0.1) is 6.04 Å². The minimum Gasteiger partial charge on any atom is -0.362 e. The molecule has 39 heavy (non-hydrogen) atoms. The smallest absolute Gasteiger partial charge is 0.362 e. The van der Waals surface area contributed by atoms with Crippen molar-refractivity contribution in [1.82, 2.24) is 19.6 Å². The summed E-state index contributed by atoms with van der Waals surface area (Å²) in [5, 5.41) is 7.27. The summed E-state index contributed by atoms with van der Waals surface area (Å²) in [7, 11) is 0. The highest BCUT2D eigenvalue weighted by Gasteiger charge is 2.54. The molecule has 0 radical (unpaired) electrons. The van der Waals surface area contributed by atoms with Gasteiger partial charge in [-0.2, -0.15) is 18.3 Å². The van der Waals surface area contributed by atoms with Gasteiger partial charge in [-0.15, -0.1) is 0 Å². The first-order valence-electron chi connectivity index (χ1n) is 14.0. The number of amides is 1. The molecule has 6 nitrogen and oxygen atoms in total. The number of hydrogen-bond acceptors (Lipinski definition) is 4.